The minimum atomic E-state index is -3.79. The number of sulfonamides is 1. The summed E-state index contributed by atoms with van der Waals surface area (Å²) >= 11 is 0. The molecule has 0 aromatic carbocycles. The van der Waals surface area contributed by atoms with Crippen molar-refractivity contribution in [3.63, 3.8) is 0 Å². The molecule has 6 heteroatoms. The van der Waals surface area contributed by atoms with Crippen LogP contribution < -0.4 is 4.72 Å². The number of hydrogen-bond acceptors (Lipinski definition) is 4. The molecule has 1 unspecified atom stereocenters. The largest absolute Gasteiger partial charge is 0.451 e. The first-order valence-corrected chi connectivity index (χ1v) is 5.25. The molecule has 0 saturated carbocycles. The Labute approximate surface area is 87.0 Å². The second-order valence-corrected chi connectivity index (χ2v) is 4.75. The molecule has 14 heavy (non-hydrogen) atoms. The number of aliphatic hydroxyl groups is 1. The van der Waals surface area contributed by atoms with E-state index in [1.165, 1.54) is 7.05 Å². The molecule has 80 valence electrons. The average molecular weight is 222 g/mol. The third-order valence-electron chi connectivity index (χ3n) is 1.67. The number of hydrogen-bond donors (Lipinski definition) is 2. The second kappa shape index (κ2) is 3.38. The van der Waals surface area contributed by atoms with Crippen molar-refractivity contribution in [2.24, 2.45) is 0 Å². The van der Waals surface area contributed by atoms with Gasteiger partial charge in [-0.1, -0.05) is 0 Å². The Kier molecular flexibility index (Phi) is 1.80. The lowest BCUT2D eigenvalue weighted by atomic mass is 10.0. The molecule has 1 atom stereocenters. The van der Waals surface area contributed by atoms with Gasteiger partial charge in [0.1, 0.15) is 0 Å². The van der Waals surface area contributed by atoms with Gasteiger partial charge >= 0.3 is 0 Å². The minimum absolute atomic E-state index is 0.119. The first-order valence-electron chi connectivity index (χ1n) is 5.27. The van der Waals surface area contributed by atoms with Gasteiger partial charge in [0.15, 0.2) is 0 Å². The number of furan rings is 1. The van der Waals surface area contributed by atoms with Gasteiger partial charge in [-0.15, -0.1) is 0 Å². The van der Waals surface area contributed by atoms with E-state index in [1.807, 2.05) is 4.72 Å². The van der Waals surface area contributed by atoms with Gasteiger partial charge in [-0.2, -0.15) is 0 Å². The van der Waals surface area contributed by atoms with E-state index in [2.05, 4.69) is 0 Å². The zero-order valence-electron chi connectivity index (χ0n) is 10.7. The smallest absolute Gasteiger partial charge is 0.273 e. The monoisotopic (exact) mass is 222 g/mol. The van der Waals surface area contributed by atoms with Gasteiger partial charge < -0.3 is 9.52 Å². The lowest BCUT2D eigenvalue weighted by molar-refractivity contribution is 0.0779. The third-order valence-corrected chi connectivity index (χ3v) is 2.95. The quantitative estimate of drug-likeness (QED) is 0.776. The van der Waals surface area contributed by atoms with Gasteiger partial charge in [0, 0.05) is 15.7 Å². The third kappa shape index (κ3) is 2.14. The summed E-state index contributed by atoms with van der Waals surface area (Å²) in [6, 6.07) is 0.984. The molecule has 1 aromatic heterocycles. The lowest BCUT2D eigenvalue weighted by Crippen LogP contribution is -2.18. The predicted molar refractivity (Wildman–Crippen MR) is 50.2 cm³/mol. The predicted octanol–water partition coefficient (Wildman–Crippen LogP) is 0.415. The molecule has 0 amide bonds. The Morgan fingerprint density at radius 2 is 2.36 bits per heavy atom. The van der Waals surface area contributed by atoms with E-state index in [0.29, 0.717) is 0 Å². The van der Waals surface area contributed by atoms with Crippen LogP contribution in [0.15, 0.2) is 21.8 Å². The van der Waals surface area contributed by atoms with Gasteiger partial charge in [-0.25, -0.2) is 13.1 Å². The number of rotatable bonds is 3. The van der Waals surface area contributed by atoms with Crippen molar-refractivity contribution in [1.29, 1.82) is 0 Å². The van der Waals surface area contributed by atoms with Gasteiger partial charge in [0.05, 0.1) is 11.9 Å². The molecular weight excluding hydrogens is 206 g/mol. The Hall–Kier alpha value is -0.850. The van der Waals surface area contributed by atoms with Crippen LogP contribution >= 0.6 is 0 Å². The van der Waals surface area contributed by atoms with Crippen LogP contribution in [0.25, 0.3) is 0 Å². The zero-order chi connectivity index (χ0) is 13.5. The standard InChI is InChI=1S/C8H13NO4S/c1-8(2,10)6-4-7(13-5-6)14(11,12)9-3/h4-5,9-10H,1-3H3/i1D3. The van der Waals surface area contributed by atoms with E-state index in [-0.39, 0.29) is 5.56 Å². The molecule has 0 radical (unpaired) electrons. The molecule has 1 heterocycles. The summed E-state index contributed by atoms with van der Waals surface area (Å²) in [5.41, 5.74) is -2.29. The summed E-state index contributed by atoms with van der Waals surface area (Å²) in [5.74, 6) is 0. The van der Waals surface area contributed by atoms with Crippen LogP contribution in [0.1, 0.15) is 23.5 Å². The van der Waals surface area contributed by atoms with Crippen LogP contribution in [0.5, 0.6) is 0 Å². The van der Waals surface area contributed by atoms with Crippen molar-refractivity contribution in [1.82, 2.24) is 4.72 Å². The van der Waals surface area contributed by atoms with Crippen LogP contribution in [0.2, 0.25) is 0 Å². The Bertz CT molecular complexity index is 503. The summed E-state index contributed by atoms with van der Waals surface area (Å²) in [7, 11) is -2.60. The summed E-state index contributed by atoms with van der Waals surface area (Å²) in [6.07, 6.45) is 0.913. The van der Waals surface area contributed by atoms with Crippen LogP contribution in [-0.2, 0) is 15.6 Å². The van der Waals surface area contributed by atoms with Gasteiger partial charge in [-0.3, -0.25) is 0 Å². The van der Waals surface area contributed by atoms with Crippen LogP contribution in [0.4, 0.5) is 0 Å². The van der Waals surface area contributed by atoms with E-state index in [9.17, 15) is 13.5 Å². The molecule has 0 fully saturated rings. The molecule has 0 bridgehead atoms. The maximum atomic E-state index is 11.4. The van der Waals surface area contributed by atoms with Crippen molar-refractivity contribution in [2.45, 2.75) is 24.5 Å². The molecule has 0 spiro atoms. The fraction of sp³-hybridized carbons (Fsp3) is 0.500. The van der Waals surface area contributed by atoms with Crippen molar-refractivity contribution in [3.8, 4) is 0 Å². The Balaban J connectivity index is 3.22. The van der Waals surface area contributed by atoms with Crippen LogP contribution in [-0.4, -0.2) is 20.6 Å². The van der Waals surface area contributed by atoms with Crippen LogP contribution in [0, 0.1) is 0 Å². The molecule has 5 nitrogen and oxygen atoms in total. The SMILES string of the molecule is [2H]C([2H])([2H])C(C)(O)c1coc(S(=O)(=O)NC)c1. The highest BCUT2D eigenvalue weighted by Crippen LogP contribution is 2.23. The molecule has 1 rings (SSSR count). The van der Waals surface area contributed by atoms with Crippen molar-refractivity contribution < 1.29 is 22.1 Å². The Morgan fingerprint density at radius 1 is 1.71 bits per heavy atom. The van der Waals surface area contributed by atoms with E-state index in [0.717, 1.165) is 19.3 Å². The molecule has 0 aliphatic carbocycles. The fourth-order valence-electron chi connectivity index (χ4n) is 0.813. The summed E-state index contributed by atoms with van der Waals surface area (Å²) in [4.78, 5) is 0. The second-order valence-electron chi connectivity index (χ2n) is 2.93. The Morgan fingerprint density at radius 3 is 2.86 bits per heavy atom. The highest BCUT2D eigenvalue weighted by atomic mass is 32.2. The van der Waals surface area contributed by atoms with E-state index in [4.69, 9.17) is 8.53 Å². The van der Waals surface area contributed by atoms with Crippen molar-refractivity contribution in [3.05, 3.63) is 17.9 Å². The van der Waals surface area contributed by atoms with Crippen molar-refractivity contribution in [2.75, 3.05) is 7.05 Å². The summed E-state index contributed by atoms with van der Waals surface area (Å²) < 4.78 is 51.0. The normalized spacial score (nSPS) is 20.6. The minimum Gasteiger partial charge on any atom is -0.451 e. The highest BCUT2D eigenvalue weighted by molar-refractivity contribution is 7.89. The van der Waals surface area contributed by atoms with Crippen molar-refractivity contribution >= 4 is 10.0 Å². The van der Waals surface area contributed by atoms with E-state index in [1.54, 1.807) is 0 Å². The van der Waals surface area contributed by atoms with Gasteiger partial charge in [-0.05, 0) is 20.8 Å². The molecule has 1 aromatic rings. The first kappa shape index (κ1) is 7.44. The first-order chi connectivity index (χ1) is 7.52. The summed E-state index contributed by atoms with van der Waals surface area (Å²) in [5, 5.41) is 9.39. The highest BCUT2D eigenvalue weighted by Gasteiger charge is 2.23. The molecule has 0 saturated heterocycles. The molecule has 0 aliphatic rings. The fourth-order valence-corrected chi connectivity index (χ4v) is 1.47. The van der Waals surface area contributed by atoms with Gasteiger partial charge in [0.25, 0.3) is 10.0 Å². The maximum Gasteiger partial charge on any atom is 0.273 e. The van der Waals surface area contributed by atoms with E-state index >= 15 is 0 Å². The zero-order valence-corrected chi connectivity index (χ0v) is 8.55. The maximum absolute atomic E-state index is 11.4. The molecule has 0 aliphatic heterocycles. The lowest BCUT2D eigenvalue weighted by Gasteiger charge is -2.13. The van der Waals surface area contributed by atoms with E-state index < -0.39 is 27.6 Å². The molecule has 2 N–H and O–H groups in total. The summed E-state index contributed by atoms with van der Waals surface area (Å²) in [6.45, 7) is -1.61. The molecular formula is C8H13NO4S. The number of nitrogens with one attached hydrogen (secondary N) is 1. The van der Waals surface area contributed by atoms with Gasteiger partial charge in [0.2, 0.25) is 5.09 Å². The van der Waals surface area contributed by atoms with Crippen LogP contribution in [0.3, 0.4) is 0 Å². The average Bonchev–Trinajstić information content (AvgIpc) is 2.65. The topological polar surface area (TPSA) is 79.5 Å².